The van der Waals surface area contributed by atoms with Crippen molar-refractivity contribution >= 4 is 40.8 Å². The van der Waals surface area contributed by atoms with Crippen LogP contribution in [-0.2, 0) is 9.53 Å². The molecule has 0 saturated heterocycles. The van der Waals surface area contributed by atoms with Crippen LogP contribution in [0.2, 0.25) is 0 Å². The number of aromatic nitrogens is 3. The summed E-state index contributed by atoms with van der Waals surface area (Å²) in [5.41, 5.74) is 0.720. The number of rotatable bonds is 10. The molecule has 0 saturated carbocycles. The zero-order valence-corrected chi connectivity index (χ0v) is 27.7. The van der Waals surface area contributed by atoms with Crippen LogP contribution in [0.3, 0.4) is 0 Å². The molecule has 0 fully saturated rings. The van der Waals surface area contributed by atoms with Gasteiger partial charge in [-0.2, -0.15) is 0 Å². The standard InChI is InChI=1S/C31H29N5O9S2/c1-7-45-29(39)25-16(3)33-31-35(26(25)18-12-20(42-4)27(44-6)21(13-18)43-5)28(38)23(47-31)14-17-11-19(36(40)41)8-9-22(17)46-30-32-15(2)10-24(37)34-30/h8-14,26H,7H2,1-6H3,(H,32,34,37)/b23-14+/t26-/m1/s1. The maximum atomic E-state index is 14.3. The fourth-order valence-corrected chi connectivity index (χ4v) is 7.03. The van der Waals surface area contributed by atoms with Crippen molar-refractivity contribution in [1.29, 1.82) is 0 Å². The first-order chi connectivity index (χ1) is 22.5. The number of nitro groups is 1. The Bertz CT molecular complexity index is 2160. The summed E-state index contributed by atoms with van der Waals surface area (Å²) < 4.78 is 23.5. The van der Waals surface area contributed by atoms with Gasteiger partial charge in [0.2, 0.25) is 5.75 Å². The number of carbonyl (C=O) groups excluding carboxylic acids is 1. The number of H-pyrrole nitrogens is 1. The second-order valence-electron chi connectivity index (χ2n) is 10.0. The number of hydrogen-bond donors (Lipinski definition) is 1. The molecule has 0 aliphatic carbocycles. The van der Waals surface area contributed by atoms with Gasteiger partial charge in [-0.25, -0.2) is 14.8 Å². The summed E-state index contributed by atoms with van der Waals surface area (Å²) in [4.78, 5) is 63.2. The predicted octanol–water partition coefficient (Wildman–Crippen LogP) is 3.28. The smallest absolute Gasteiger partial charge is 0.338 e. The molecular weight excluding hydrogens is 651 g/mol. The zero-order chi connectivity index (χ0) is 34.0. The molecule has 3 heterocycles. The molecule has 1 aliphatic rings. The number of nitrogens with one attached hydrogen (secondary N) is 1. The number of aryl methyl sites for hydroxylation is 1. The third kappa shape index (κ3) is 6.55. The van der Waals surface area contributed by atoms with Crippen molar-refractivity contribution in [2.24, 2.45) is 4.99 Å². The monoisotopic (exact) mass is 679 g/mol. The van der Waals surface area contributed by atoms with Gasteiger partial charge in [0.15, 0.2) is 21.5 Å². The Morgan fingerprint density at radius 1 is 1.11 bits per heavy atom. The van der Waals surface area contributed by atoms with Gasteiger partial charge in [0.05, 0.1) is 54.7 Å². The number of thiazole rings is 1. The Hall–Kier alpha value is -5.22. The lowest BCUT2D eigenvalue weighted by Crippen LogP contribution is -2.40. The molecule has 0 amide bonds. The number of non-ortho nitro benzene ring substituents is 1. The molecule has 0 bridgehead atoms. The number of nitrogens with zero attached hydrogens (tertiary/aromatic N) is 4. The van der Waals surface area contributed by atoms with Crippen molar-refractivity contribution in [1.82, 2.24) is 14.5 Å². The third-order valence-corrected chi connectivity index (χ3v) is 9.03. The number of benzene rings is 2. The summed E-state index contributed by atoms with van der Waals surface area (Å²) in [7, 11) is 4.37. The van der Waals surface area contributed by atoms with E-state index in [1.807, 2.05) is 0 Å². The summed E-state index contributed by atoms with van der Waals surface area (Å²) in [6.07, 6.45) is 1.52. The highest BCUT2D eigenvalue weighted by molar-refractivity contribution is 7.99. The van der Waals surface area contributed by atoms with Crippen LogP contribution in [0, 0.1) is 17.0 Å². The maximum Gasteiger partial charge on any atom is 0.338 e. The average molecular weight is 680 g/mol. The number of methoxy groups -OCH3 is 3. The van der Waals surface area contributed by atoms with Crippen molar-refractivity contribution in [3.63, 3.8) is 0 Å². The van der Waals surface area contributed by atoms with Crippen molar-refractivity contribution in [2.45, 2.75) is 36.9 Å². The van der Waals surface area contributed by atoms with Crippen LogP contribution in [0.4, 0.5) is 5.69 Å². The molecule has 1 aliphatic heterocycles. The molecule has 4 aromatic rings. The largest absolute Gasteiger partial charge is 0.493 e. The number of fused-ring (bicyclic) bond motifs is 1. The molecule has 1 N–H and O–H groups in total. The Kier molecular flexibility index (Phi) is 9.62. The molecule has 2 aromatic carbocycles. The van der Waals surface area contributed by atoms with Crippen molar-refractivity contribution < 1.29 is 28.7 Å². The summed E-state index contributed by atoms with van der Waals surface area (Å²) >= 11 is 2.13. The second-order valence-corrected chi connectivity index (χ2v) is 12.1. The molecule has 2 aromatic heterocycles. The summed E-state index contributed by atoms with van der Waals surface area (Å²) in [6.45, 7) is 5.09. The van der Waals surface area contributed by atoms with Gasteiger partial charge in [-0.15, -0.1) is 0 Å². The van der Waals surface area contributed by atoms with E-state index in [0.717, 1.165) is 23.1 Å². The molecule has 1 atom stereocenters. The number of aromatic amines is 1. The van der Waals surface area contributed by atoms with E-state index < -0.39 is 22.5 Å². The average Bonchev–Trinajstić information content (AvgIpc) is 3.33. The van der Waals surface area contributed by atoms with E-state index in [1.54, 1.807) is 32.9 Å². The second kappa shape index (κ2) is 13.6. The molecule has 47 heavy (non-hydrogen) atoms. The fourth-order valence-electron chi connectivity index (χ4n) is 5.07. The molecule has 5 rings (SSSR count). The number of allylic oxidation sites excluding steroid dienone is 1. The van der Waals surface area contributed by atoms with Gasteiger partial charge in [0, 0.05) is 28.8 Å². The van der Waals surface area contributed by atoms with Crippen molar-refractivity contribution in [2.75, 3.05) is 27.9 Å². The van der Waals surface area contributed by atoms with Gasteiger partial charge in [-0.3, -0.25) is 24.3 Å². The fraction of sp³-hybridized carbons (Fsp3) is 0.258. The van der Waals surface area contributed by atoms with E-state index in [9.17, 15) is 24.5 Å². The molecular formula is C31H29N5O9S2. The Labute approximate surface area is 275 Å². The summed E-state index contributed by atoms with van der Waals surface area (Å²) in [5.74, 6) is 0.286. The number of nitro benzene ring substituents is 1. The minimum Gasteiger partial charge on any atom is -0.493 e. The summed E-state index contributed by atoms with van der Waals surface area (Å²) in [5, 5.41) is 12.0. The number of ether oxygens (including phenoxy) is 4. The van der Waals surface area contributed by atoms with Crippen LogP contribution in [0.25, 0.3) is 6.08 Å². The predicted molar refractivity (Wildman–Crippen MR) is 173 cm³/mol. The van der Waals surface area contributed by atoms with E-state index in [1.165, 1.54) is 56.2 Å². The highest BCUT2D eigenvalue weighted by Gasteiger charge is 2.35. The van der Waals surface area contributed by atoms with Crippen LogP contribution >= 0.6 is 23.1 Å². The highest BCUT2D eigenvalue weighted by atomic mass is 32.2. The Morgan fingerprint density at radius 3 is 2.40 bits per heavy atom. The van der Waals surface area contributed by atoms with E-state index in [4.69, 9.17) is 18.9 Å². The minimum absolute atomic E-state index is 0.0936. The lowest BCUT2D eigenvalue weighted by molar-refractivity contribution is -0.384. The van der Waals surface area contributed by atoms with Crippen LogP contribution in [0.1, 0.15) is 36.7 Å². The third-order valence-electron chi connectivity index (χ3n) is 7.07. The van der Waals surface area contributed by atoms with Gasteiger partial charge in [-0.1, -0.05) is 23.1 Å². The molecule has 14 nitrogen and oxygen atoms in total. The first kappa shape index (κ1) is 33.2. The van der Waals surface area contributed by atoms with Crippen molar-refractivity contribution in [3.05, 3.63) is 105 Å². The molecule has 0 radical (unpaired) electrons. The maximum absolute atomic E-state index is 14.3. The molecule has 244 valence electrons. The van der Waals surface area contributed by atoms with Gasteiger partial charge in [0.25, 0.3) is 16.8 Å². The molecule has 0 unspecified atom stereocenters. The first-order valence-corrected chi connectivity index (χ1v) is 15.7. The van der Waals surface area contributed by atoms with E-state index in [2.05, 4.69) is 15.0 Å². The molecule has 16 heteroatoms. The van der Waals surface area contributed by atoms with Gasteiger partial charge < -0.3 is 23.9 Å². The number of esters is 1. The topological polar surface area (TPSA) is 177 Å². The van der Waals surface area contributed by atoms with Gasteiger partial charge in [0.1, 0.15) is 0 Å². The quantitative estimate of drug-likeness (QED) is 0.113. The van der Waals surface area contributed by atoms with E-state index in [0.29, 0.717) is 44.7 Å². The van der Waals surface area contributed by atoms with Crippen LogP contribution in [0.15, 0.2) is 72.3 Å². The van der Waals surface area contributed by atoms with E-state index >= 15 is 0 Å². The van der Waals surface area contributed by atoms with Gasteiger partial charge >= 0.3 is 5.97 Å². The Balaban J connectivity index is 1.76. The normalized spacial score (nSPS) is 14.3. The van der Waals surface area contributed by atoms with Gasteiger partial charge in [-0.05, 0) is 56.2 Å². The Morgan fingerprint density at radius 2 is 1.81 bits per heavy atom. The molecule has 0 spiro atoms. The van der Waals surface area contributed by atoms with Crippen LogP contribution in [0.5, 0.6) is 17.2 Å². The lowest BCUT2D eigenvalue weighted by Gasteiger charge is -2.26. The highest BCUT2D eigenvalue weighted by Crippen LogP contribution is 2.42. The minimum atomic E-state index is -0.998. The van der Waals surface area contributed by atoms with Crippen LogP contribution in [-0.4, -0.2) is 53.4 Å². The van der Waals surface area contributed by atoms with Crippen molar-refractivity contribution in [3.8, 4) is 17.2 Å². The lowest BCUT2D eigenvalue weighted by atomic mass is 9.95. The zero-order valence-electron chi connectivity index (χ0n) is 26.1. The number of hydrogen-bond acceptors (Lipinski definition) is 13. The van der Waals surface area contributed by atoms with Crippen LogP contribution < -0.4 is 34.7 Å². The first-order valence-electron chi connectivity index (χ1n) is 14.0. The van der Waals surface area contributed by atoms with E-state index in [-0.39, 0.29) is 37.9 Å². The SMILES string of the molecule is CCOC(=O)C1=C(C)N=c2s/c(=C/c3cc([N+](=O)[O-])ccc3Sc3nc(C)cc(=O)[nH]3)c(=O)n2[C@@H]1c1cc(OC)c(OC)c(OC)c1. The number of carbonyl (C=O) groups is 1. The summed E-state index contributed by atoms with van der Waals surface area (Å²) in [6, 6.07) is 7.82.